The third-order valence-electron chi connectivity index (χ3n) is 4.10. The third kappa shape index (κ3) is 9.84. The van der Waals surface area contributed by atoms with Crippen molar-refractivity contribution in [2.75, 3.05) is 24.7 Å². The summed E-state index contributed by atoms with van der Waals surface area (Å²) in [6.45, 7) is 8.10. The summed E-state index contributed by atoms with van der Waals surface area (Å²) in [5.41, 5.74) is 4.40. The van der Waals surface area contributed by atoms with Crippen LogP contribution in [0.5, 0.6) is 0 Å². The summed E-state index contributed by atoms with van der Waals surface area (Å²) in [7, 11) is 0. The normalized spacial score (nSPS) is 19.2. The lowest BCUT2D eigenvalue weighted by Gasteiger charge is -2.13. The second-order valence-electron chi connectivity index (χ2n) is 5.65. The number of hydrogen-bond acceptors (Lipinski definition) is 3. The quantitative estimate of drug-likeness (QED) is 0.486. The summed E-state index contributed by atoms with van der Waals surface area (Å²) in [6.07, 6.45) is 18.6. The molecule has 3 heterocycles. The molecule has 3 aliphatic rings. The standard InChI is InChI=1S/C7H12O.C7H8O.C7H12S/c3*1-2-7-3-5-8-6-4-7/h2H,3-6H2,1H3;2-6H,1H3;2H,3-6H2,1H3. The Morgan fingerprint density at radius 2 is 1.33 bits per heavy atom. The molecule has 0 atom stereocenters. The molecular formula is C21H32O2S. The number of hydrogen-bond donors (Lipinski definition) is 0. The molecule has 2 fully saturated rings. The zero-order valence-corrected chi connectivity index (χ0v) is 16.2. The molecule has 0 bridgehead atoms. The molecule has 2 nitrogen and oxygen atoms in total. The van der Waals surface area contributed by atoms with E-state index in [1.807, 2.05) is 25.2 Å². The van der Waals surface area contributed by atoms with E-state index in [4.69, 9.17) is 9.47 Å². The second kappa shape index (κ2) is 14.2. The highest BCUT2D eigenvalue weighted by atomic mass is 32.2. The molecule has 3 aliphatic heterocycles. The number of thioether (sulfide) groups is 1. The molecule has 134 valence electrons. The third-order valence-corrected chi connectivity index (χ3v) is 5.08. The van der Waals surface area contributed by atoms with E-state index in [1.165, 1.54) is 29.9 Å². The van der Waals surface area contributed by atoms with Gasteiger partial charge in [0.25, 0.3) is 0 Å². The molecule has 24 heavy (non-hydrogen) atoms. The van der Waals surface area contributed by atoms with E-state index in [2.05, 4.69) is 37.8 Å². The van der Waals surface area contributed by atoms with Crippen LogP contribution in [-0.2, 0) is 9.47 Å². The first-order chi connectivity index (χ1) is 11.8. The van der Waals surface area contributed by atoms with Gasteiger partial charge >= 0.3 is 0 Å². The molecule has 0 spiro atoms. The van der Waals surface area contributed by atoms with Gasteiger partial charge in [0.1, 0.15) is 0 Å². The van der Waals surface area contributed by atoms with Gasteiger partial charge in [-0.1, -0.05) is 29.4 Å². The Kier molecular flexibility index (Phi) is 12.3. The molecule has 0 aromatic heterocycles. The molecule has 3 heteroatoms. The van der Waals surface area contributed by atoms with Crippen LogP contribution >= 0.6 is 11.8 Å². The number of rotatable bonds is 0. The van der Waals surface area contributed by atoms with E-state index in [0.717, 1.165) is 26.1 Å². The molecule has 0 amide bonds. The van der Waals surface area contributed by atoms with Gasteiger partial charge in [0.2, 0.25) is 0 Å². The average Bonchev–Trinajstić information content (AvgIpc) is 2.71. The first-order valence-corrected chi connectivity index (χ1v) is 10.0. The lowest BCUT2D eigenvalue weighted by Crippen LogP contribution is -2.06. The van der Waals surface area contributed by atoms with Gasteiger partial charge in [-0.2, -0.15) is 11.8 Å². The van der Waals surface area contributed by atoms with Gasteiger partial charge in [0.05, 0.1) is 25.7 Å². The van der Waals surface area contributed by atoms with Crippen molar-refractivity contribution in [2.45, 2.75) is 46.5 Å². The smallest absolute Gasteiger partial charge is 0.0907 e. The maximum absolute atomic E-state index is 5.16. The lowest BCUT2D eigenvalue weighted by molar-refractivity contribution is 0.119. The Bertz CT molecular complexity index is 428. The maximum Gasteiger partial charge on any atom is 0.0907 e. The van der Waals surface area contributed by atoms with Crippen LogP contribution in [-0.4, -0.2) is 24.7 Å². The highest BCUT2D eigenvalue weighted by molar-refractivity contribution is 7.99. The Morgan fingerprint density at radius 1 is 0.792 bits per heavy atom. The Balaban J connectivity index is 0.000000180. The van der Waals surface area contributed by atoms with Crippen LogP contribution < -0.4 is 0 Å². The van der Waals surface area contributed by atoms with Crippen LogP contribution in [0, 0.1) is 0 Å². The summed E-state index contributed by atoms with van der Waals surface area (Å²) >= 11 is 2.07. The van der Waals surface area contributed by atoms with E-state index < -0.39 is 0 Å². The molecule has 0 N–H and O–H groups in total. The van der Waals surface area contributed by atoms with E-state index in [9.17, 15) is 0 Å². The van der Waals surface area contributed by atoms with E-state index in [1.54, 1.807) is 23.7 Å². The van der Waals surface area contributed by atoms with Crippen LogP contribution in [0.15, 0.2) is 59.6 Å². The number of ether oxygens (including phenoxy) is 2. The molecule has 0 radical (unpaired) electrons. The van der Waals surface area contributed by atoms with Crippen molar-refractivity contribution in [2.24, 2.45) is 0 Å². The largest absolute Gasteiger partial charge is 0.473 e. The summed E-state index contributed by atoms with van der Waals surface area (Å²) in [5, 5.41) is 0. The van der Waals surface area contributed by atoms with Crippen LogP contribution in [0.4, 0.5) is 0 Å². The minimum absolute atomic E-state index is 0.930. The van der Waals surface area contributed by atoms with Crippen LogP contribution in [0.25, 0.3) is 0 Å². The lowest BCUT2D eigenvalue weighted by atomic mass is 10.1. The second-order valence-corrected chi connectivity index (χ2v) is 6.87. The molecule has 0 aromatic rings. The van der Waals surface area contributed by atoms with Crippen molar-refractivity contribution in [3.05, 3.63) is 59.6 Å². The van der Waals surface area contributed by atoms with Crippen molar-refractivity contribution in [1.29, 1.82) is 0 Å². The Labute approximate surface area is 152 Å². The molecule has 0 aromatic carbocycles. The van der Waals surface area contributed by atoms with Gasteiger partial charge in [0, 0.05) is 0 Å². The van der Waals surface area contributed by atoms with Crippen LogP contribution in [0.3, 0.4) is 0 Å². The van der Waals surface area contributed by atoms with Gasteiger partial charge in [0.15, 0.2) is 0 Å². The first-order valence-electron chi connectivity index (χ1n) is 8.88. The monoisotopic (exact) mass is 348 g/mol. The van der Waals surface area contributed by atoms with E-state index in [-0.39, 0.29) is 0 Å². The molecule has 0 aliphatic carbocycles. The van der Waals surface area contributed by atoms with Crippen molar-refractivity contribution < 1.29 is 9.47 Å². The fourth-order valence-corrected chi connectivity index (χ4v) is 3.39. The van der Waals surface area contributed by atoms with Gasteiger partial charge in [-0.05, 0) is 75.7 Å². The Morgan fingerprint density at radius 3 is 1.71 bits per heavy atom. The summed E-state index contributed by atoms with van der Waals surface area (Å²) in [4.78, 5) is 0. The predicted octanol–water partition coefficient (Wildman–Crippen LogP) is 6.19. The van der Waals surface area contributed by atoms with Crippen molar-refractivity contribution in [1.82, 2.24) is 0 Å². The van der Waals surface area contributed by atoms with Crippen molar-refractivity contribution in [3.63, 3.8) is 0 Å². The first kappa shape index (κ1) is 20.9. The average molecular weight is 349 g/mol. The highest BCUT2D eigenvalue weighted by Gasteiger charge is 2.02. The SMILES string of the molecule is CC=C1C=COC=C1.CC=C1CCOCC1.CC=C1CCSCC1. The summed E-state index contributed by atoms with van der Waals surface area (Å²) in [5.74, 6) is 2.69. The molecular weight excluding hydrogens is 316 g/mol. The van der Waals surface area contributed by atoms with Crippen LogP contribution in [0.2, 0.25) is 0 Å². The molecule has 3 rings (SSSR count). The predicted molar refractivity (Wildman–Crippen MR) is 107 cm³/mol. The van der Waals surface area contributed by atoms with E-state index in [0.29, 0.717) is 0 Å². The van der Waals surface area contributed by atoms with Crippen molar-refractivity contribution in [3.8, 4) is 0 Å². The molecule has 0 unspecified atom stereocenters. The van der Waals surface area contributed by atoms with Gasteiger partial charge in [-0.3, -0.25) is 0 Å². The van der Waals surface area contributed by atoms with E-state index >= 15 is 0 Å². The summed E-state index contributed by atoms with van der Waals surface area (Å²) in [6, 6.07) is 0. The number of allylic oxidation sites excluding steroid dienone is 7. The fourth-order valence-electron chi connectivity index (χ4n) is 2.37. The van der Waals surface area contributed by atoms with Gasteiger partial charge in [-0.25, -0.2) is 0 Å². The summed E-state index contributed by atoms with van der Waals surface area (Å²) < 4.78 is 9.96. The zero-order valence-electron chi connectivity index (χ0n) is 15.4. The van der Waals surface area contributed by atoms with Crippen molar-refractivity contribution >= 4 is 11.8 Å². The minimum atomic E-state index is 0.930. The van der Waals surface area contributed by atoms with Crippen LogP contribution in [0.1, 0.15) is 46.5 Å². The minimum Gasteiger partial charge on any atom is -0.473 e. The zero-order chi connectivity index (χ0) is 17.5. The van der Waals surface area contributed by atoms with Gasteiger partial charge in [-0.15, -0.1) is 0 Å². The molecule has 2 saturated heterocycles. The fraction of sp³-hybridized carbons (Fsp3) is 0.524. The highest BCUT2D eigenvalue weighted by Crippen LogP contribution is 2.21. The maximum atomic E-state index is 5.16. The topological polar surface area (TPSA) is 18.5 Å². The Hall–Kier alpha value is -1.19. The van der Waals surface area contributed by atoms with Gasteiger partial charge < -0.3 is 9.47 Å². The molecule has 0 saturated carbocycles.